The predicted octanol–water partition coefficient (Wildman–Crippen LogP) is 4.25. The second-order valence-corrected chi connectivity index (χ2v) is 10.3. The monoisotopic (exact) mass is 572 g/mol. The van der Waals surface area contributed by atoms with Crippen molar-refractivity contribution in [3.05, 3.63) is 67.7 Å². The molecule has 36 heavy (non-hydrogen) atoms. The van der Waals surface area contributed by atoms with Crippen LogP contribution in [0.5, 0.6) is 0 Å². The van der Waals surface area contributed by atoms with Gasteiger partial charge in [0.05, 0.1) is 21.2 Å². The van der Waals surface area contributed by atoms with Gasteiger partial charge in [0.1, 0.15) is 0 Å². The van der Waals surface area contributed by atoms with Crippen molar-refractivity contribution in [3.8, 4) is 0 Å². The second kappa shape index (κ2) is 11.9. The Morgan fingerprint density at radius 3 is 1.44 bits per heavy atom. The lowest BCUT2D eigenvalue weighted by atomic mass is 9.85. The maximum Gasteiger partial charge on any atom is 0.253 e. The Hall–Kier alpha value is -1.54. The van der Waals surface area contributed by atoms with E-state index < -0.39 is 0 Å². The Bertz CT molecular complexity index is 1070. The fourth-order valence-electron chi connectivity index (χ4n) is 5.64. The van der Waals surface area contributed by atoms with Gasteiger partial charge in [0.25, 0.3) is 11.8 Å². The number of hydrogen-bond acceptors (Lipinski definition) is 4. The molecule has 2 saturated heterocycles. The topological polar surface area (TPSA) is 82.3 Å². The number of benzene rings is 2. The largest absolute Gasteiger partial charge is 0.347 e. The number of aryl methyl sites for hydroxylation is 2. The molecule has 6 nitrogen and oxygen atoms in total. The van der Waals surface area contributed by atoms with Crippen LogP contribution in [0.25, 0.3) is 0 Å². The maximum atomic E-state index is 12.0. The molecular formula is C26H32Cl4N4O2. The Labute approximate surface area is 234 Å². The van der Waals surface area contributed by atoms with Crippen LogP contribution in [0.15, 0.2) is 24.3 Å². The third-order valence-electron chi connectivity index (χ3n) is 7.49. The summed E-state index contributed by atoms with van der Waals surface area (Å²) in [7, 11) is 0. The van der Waals surface area contributed by atoms with Crippen LogP contribution in [-0.4, -0.2) is 50.1 Å². The van der Waals surface area contributed by atoms with Crippen molar-refractivity contribution in [3.63, 3.8) is 0 Å². The third kappa shape index (κ3) is 5.22. The minimum atomic E-state index is -0.0300. The number of carbonyl (C=O) groups excluding carboxylic acids is 2. The van der Waals surface area contributed by atoms with Gasteiger partial charge in [0.15, 0.2) is 0 Å². The molecule has 0 aromatic heterocycles. The van der Waals surface area contributed by atoms with Gasteiger partial charge >= 0.3 is 0 Å². The zero-order valence-electron chi connectivity index (χ0n) is 20.3. The van der Waals surface area contributed by atoms with E-state index in [-0.39, 0.29) is 48.7 Å². The maximum absolute atomic E-state index is 12.0. The molecule has 2 aromatic carbocycles. The van der Waals surface area contributed by atoms with Crippen LogP contribution < -0.4 is 21.3 Å². The fourth-order valence-corrected chi connectivity index (χ4v) is 6.31. The number of fused-ring (bicyclic) bond motifs is 6. The van der Waals surface area contributed by atoms with E-state index in [4.69, 9.17) is 23.2 Å². The van der Waals surface area contributed by atoms with E-state index in [0.717, 1.165) is 50.1 Å². The lowest BCUT2D eigenvalue weighted by molar-refractivity contribution is 0.0916. The number of halogens is 4. The molecule has 0 spiro atoms. The van der Waals surface area contributed by atoms with E-state index in [0.29, 0.717) is 33.0 Å². The molecule has 0 bridgehead atoms. The van der Waals surface area contributed by atoms with Crippen molar-refractivity contribution in [2.75, 3.05) is 26.2 Å². The molecule has 4 aliphatic heterocycles. The van der Waals surface area contributed by atoms with Crippen molar-refractivity contribution in [2.24, 2.45) is 0 Å². The van der Waals surface area contributed by atoms with Crippen LogP contribution in [0.2, 0.25) is 10.0 Å². The number of hydrogen-bond donors (Lipinski definition) is 4. The van der Waals surface area contributed by atoms with Gasteiger partial charge in [-0.3, -0.25) is 9.59 Å². The summed E-state index contributed by atoms with van der Waals surface area (Å²) in [6.45, 7) is 7.74. The molecule has 0 saturated carbocycles. The van der Waals surface area contributed by atoms with Gasteiger partial charge in [-0.1, -0.05) is 49.2 Å². The van der Waals surface area contributed by atoms with Crippen molar-refractivity contribution < 1.29 is 9.59 Å². The van der Waals surface area contributed by atoms with Crippen LogP contribution >= 0.6 is 48.0 Å². The first-order valence-electron chi connectivity index (χ1n) is 12.1. The molecule has 6 rings (SSSR count). The lowest BCUT2D eigenvalue weighted by Gasteiger charge is -2.29. The summed E-state index contributed by atoms with van der Waals surface area (Å²) in [4.78, 5) is 24.1. The fraction of sp³-hybridized carbons (Fsp3) is 0.462. The zero-order chi connectivity index (χ0) is 24.0. The SMILES string of the molecule is CCc1cc(Cl)c2c(c1)[C@@H]1CNC[C@H]1NC2=O.CCc1cc(Cl)c2c(c1)[C@H]1CNC[C@@H]1NC2=O.Cl.Cl. The lowest BCUT2D eigenvalue weighted by Crippen LogP contribution is -2.44. The van der Waals surface area contributed by atoms with Gasteiger partial charge in [-0.15, -0.1) is 24.8 Å². The molecule has 2 amide bonds. The molecule has 4 aliphatic rings. The van der Waals surface area contributed by atoms with Crippen LogP contribution in [0.3, 0.4) is 0 Å². The first-order chi connectivity index (χ1) is 16.4. The molecule has 4 N–H and O–H groups in total. The van der Waals surface area contributed by atoms with Crippen LogP contribution in [0, 0.1) is 0 Å². The molecule has 2 fully saturated rings. The highest BCUT2D eigenvalue weighted by molar-refractivity contribution is 6.34. The van der Waals surface area contributed by atoms with Crippen molar-refractivity contribution in [2.45, 2.75) is 50.6 Å². The van der Waals surface area contributed by atoms with Gasteiger partial charge in [-0.05, 0) is 47.2 Å². The molecule has 0 aliphatic carbocycles. The molecule has 2 aromatic rings. The molecule has 4 atom stereocenters. The normalized spacial score (nSPS) is 24.9. The number of rotatable bonds is 2. The number of nitrogens with one attached hydrogen (secondary N) is 4. The molecular weight excluding hydrogens is 542 g/mol. The summed E-state index contributed by atoms with van der Waals surface area (Å²) >= 11 is 12.5. The average Bonchev–Trinajstić information content (AvgIpc) is 3.48. The average molecular weight is 574 g/mol. The summed E-state index contributed by atoms with van der Waals surface area (Å²) in [6, 6.07) is 8.54. The Morgan fingerprint density at radius 1 is 0.694 bits per heavy atom. The minimum absolute atomic E-state index is 0. The smallest absolute Gasteiger partial charge is 0.253 e. The minimum Gasteiger partial charge on any atom is -0.347 e. The quantitative estimate of drug-likeness (QED) is 0.433. The third-order valence-corrected chi connectivity index (χ3v) is 8.09. The summed E-state index contributed by atoms with van der Waals surface area (Å²) < 4.78 is 0. The van der Waals surface area contributed by atoms with Gasteiger partial charge in [-0.25, -0.2) is 0 Å². The summed E-state index contributed by atoms with van der Waals surface area (Å²) in [6.07, 6.45) is 1.89. The Kier molecular flexibility index (Phi) is 9.58. The summed E-state index contributed by atoms with van der Waals surface area (Å²) in [5.41, 5.74) is 5.99. The van der Waals surface area contributed by atoms with E-state index in [1.54, 1.807) is 0 Å². The molecule has 4 heterocycles. The summed E-state index contributed by atoms with van der Waals surface area (Å²) in [5, 5.41) is 13.9. The molecule has 10 heteroatoms. The predicted molar refractivity (Wildman–Crippen MR) is 150 cm³/mol. The highest BCUT2D eigenvalue weighted by Crippen LogP contribution is 2.36. The van der Waals surface area contributed by atoms with Crippen LogP contribution in [0.4, 0.5) is 0 Å². The van der Waals surface area contributed by atoms with Gasteiger partial charge in [-0.2, -0.15) is 0 Å². The Balaban J connectivity index is 0.000000190. The van der Waals surface area contributed by atoms with E-state index in [9.17, 15) is 9.59 Å². The van der Waals surface area contributed by atoms with Gasteiger partial charge in [0.2, 0.25) is 0 Å². The zero-order valence-corrected chi connectivity index (χ0v) is 23.4. The molecule has 196 valence electrons. The summed E-state index contributed by atoms with van der Waals surface area (Å²) in [5.74, 6) is 0.675. The van der Waals surface area contributed by atoms with Gasteiger partial charge < -0.3 is 21.3 Å². The highest BCUT2D eigenvalue weighted by Gasteiger charge is 2.39. The molecule has 0 radical (unpaired) electrons. The van der Waals surface area contributed by atoms with E-state index in [1.165, 1.54) is 11.1 Å². The second-order valence-electron chi connectivity index (χ2n) is 9.48. The van der Waals surface area contributed by atoms with Crippen LogP contribution in [-0.2, 0) is 12.8 Å². The van der Waals surface area contributed by atoms with E-state index >= 15 is 0 Å². The van der Waals surface area contributed by atoms with Crippen molar-refractivity contribution in [1.82, 2.24) is 21.3 Å². The number of carbonyl (C=O) groups is 2. The van der Waals surface area contributed by atoms with Crippen molar-refractivity contribution in [1.29, 1.82) is 0 Å². The Morgan fingerprint density at radius 2 is 1.08 bits per heavy atom. The van der Waals surface area contributed by atoms with E-state index in [1.807, 2.05) is 12.1 Å². The number of amides is 2. The first-order valence-corrected chi connectivity index (χ1v) is 12.8. The molecule has 0 unspecified atom stereocenters. The van der Waals surface area contributed by atoms with Crippen LogP contribution in [0.1, 0.15) is 68.7 Å². The van der Waals surface area contributed by atoms with Gasteiger partial charge in [0, 0.05) is 50.1 Å². The first kappa shape index (κ1) is 29.0. The van der Waals surface area contributed by atoms with E-state index in [2.05, 4.69) is 47.2 Å². The standard InChI is InChI=1S/2C13H15ClN2O.2ClH/c2*1-2-7-3-8-9-5-15-6-11(9)16-13(17)12(8)10(14)4-7;;/h2*3-4,9,11,15H,2,5-6H2,1H3,(H,16,17);2*1H/t2*9-,11+;;/m10../s1. The van der Waals surface area contributed by atoms with Crippen molar-refractivity contribution >= 4 is 59.8 Å². The highest BCUT2D eigenvalue weighted by atomic mass is 35.5.